The maximum absolute atomic E-state index is 13.1. The van der Waals surface area contributed by atoms with Gasteiger partial charge >= 0.3 is 0 Å². The quantitative estimate of drug-likeness (QED) is 0.401. The number of aromatic nitrogens is 1. The van der Waals surface area contributed by atoms with E-state index in [-0.39, 0.29) is 5.91 Å². The molecule has 1 heterocycles. The maximum Gasteiger partial charge on any atom is 0.256 e. The molecule has 3 aromatic carbocycles. The van der Waals surface area contributed by atoms with E-state index in [0.29, 0.717) is 5.56 Å². The third kappa shape index (κ3) is 3.69. The van der Waals surface area contributed by atoms with Crippen molar-refractivity contribution in [2.75, 3.05) is 5.32 Å². The lowest BCUT2D eigenvalue weighted by Gasteiger charge is -2.12. The van der Waals surface area contributed by atoms with Gasteiger partial charge in [0.05, 0.1) is 16.8 Å². The van der Waals surface area contributed by atoms with Crippen LogP contribution in [0.1, 0.15) is 21.5 Å². The van der Waals surface area contributed by atoms with E-state index in [1.165, 1.54) is 5.56 Å². The predicted molar refractivity (Wildman–Crippen MR) is 119 cm³/mol. The van der Waals surface area contributed by atoms with Crippen LogP contribution in [0.3, 0.4) is 0 Å². The molecule has 0 radical (unpaired) electrons. The molecule has 0 fully saturated rings. The number of amides is 1. The van der Waals surface area contributed by atoms with Gasteiger partial charge in [-0.2, -0.15) is 0 Å². The Morgan fingerprint density at radius 2 is 1.64 bits per heavy atom. The van der Waals surface area contributed by atoms with Gasteiger partial charge in [0.1, 0.15) is 0 Å². The van der Waals surface area contributed by atoms with Crippen molar-refractivity contribution < 1.29 is 4.79 Å². The van der Waals surface area contributed by atoms with E-state index in [4.69, 9.17) is 4.98 Å². The van der Waals surface area contributed by atoms with Crippen molar-refractivity contribution in [3.05, 3.63) is 94.0 Å². The van der Waals surface area contributed by atoms with Gasteiger partial charge in [0.25, 0.3) is 5.91 Å². The average Bonchev–Trinajstić information content (AvgIpc) is 2.70. The molecule has 0 spiro atoms. The highest BCUT2D eigenvalue weighted by Gasteiger charge is 2.14. The van der Waals surface area contributed by atoms with Crippen molar-refractivity contribution in [1.29, 1.82) is 0 Å². The summed E-state index contributed by atoms with van der Waals surface area (Å²) in [5, 5.41) is 3.87. The number of pyridine rings is 1. The molecule has 0 aliphatic heterocycles. The van der Waals surface area contributed by atoms with Gasteiger partial charge in [-0.15, -0.1) is 0 Å². The lowest BCUT2D eigenvalue weighted by molar-refractivity contribution is 0.102. The summed E-state index contributed by atoms with van der Waals surface area (Å²) in [7, 11) is 0. The standard InChI is InChI=1S/C24H19BrN2O/c1-15-7-12-19(13-16(15)2)26-24(28)21-14-23(17-8-10-18(25)11-9-17)27-22-6-4-3-5-20(21)22/h3-14H,1-2H3,(H,26,28). The fraction of sp³-hybridized carbons (Fsp3) is 0.0833. The van der Waals surface area contributed by atoms with Gasteiger partial charge in [0.15, 0.2) is 0 Å². The zero-order chi connectivity index (χ0) is 19.7. The van der Waals surface area contributed by atoms with Gasteiger partial charge in [-0.25, -0.2) is 4.98 Å². The zero-order valence-corrected chi connectivity index (χ0v) is 17.2. The van der Waals surface area contributed by atoms with Gasteiger partial charge in [-0.3, -0.25) is 4.79 Å². The highest BCUT2D eigenvalue weighted by molar-refractivity contribution is 9.10. The van der Waals surface area contributed by atoms with Crippen molar-refractivity contribution in [3.63, 3.8) is 0 Å². The van der Waals surface area contributed by atoms with Crippen LogP contribution in [0.15, 0.2) is 77.3 Å². The van der Waals surface area contributed by atoms with Gasteiger partial charge < -0.3 is 5.32 Å². The summed E-state index contributed by atoms with van der Waals surface area (Å²) in [6, 6.07) is 23.5. The van der Waals surface area contributed by atoms with Crippen LogP contribution >= 0.6 is 15.9 Å². The van der Waals surface area contributed by atoms with Gasteiger partial charge in [-0.05, 0) is 61.4 Å². The van der Waals surface area contributed by atoms with Crippen LogP contribution < -0.4 is 5.32 Å². The molecule has 4 heteroatoms. The van der Waals surface area contributed by atoms with E-state index in [9.17, 15) is 4.79 Å². The minimum Gasteiger partial charge on any atom is -0.322 e. The van der Waals surface area contributed by atoms with Gasteiger partial charge in [-0.1, -0.05) is 52.3 Å². The Hall–Kier alpha value is -2.98. The Kier molecular flexibility index (Phi) is 4.97. The van der Waals surface area contributed by atoms with Crippen LogP contribution in [0.5, 0.6) is 0 Å². The third-order valence-corrected chi connectivity index (χ3v) is 5.39. The molecular formula is C24H19BrN2O. The van der Waals surface area contributed by atoms with Crippen molar-refractivity contribution >= 4 is 38.4 Å². The van der Waals surface area contributed by atoms with E-state index >= 15 is 0 Å². The SMILES string of the molecule is Cc1ccc(NC(=O)c2cc(-c3ccc(Br)cc3)nc3ccccc23)cc1C. The van der Waals surface area contributed by atoms with Crippen molar-refractivity contribution in [1.82, 2.24) is 4.98 Å². The van der Waals surface area contributed by atoms with Crippen molar-refractivity contribution in [2.24, 2.45) is 0 Å². The number of carbonyl (C=O) groups is 1. The first-order chi connectivity index (χ1) is 13.5. The summed E-state index contributed by atoms with van der Waals surface area (Å²) in [5.41, 5.74) is 6.29. The number of nitrogens with one attached hydrogen (secondary N) is 1. The Balaban J connectivity index is 1.79. The molecule has 4 aromatic rings. The minimum absolute atomic E-state index is 0.139. The Bertz CT molecular complexity index is 1180. The number of rotatable bonds is 3. The number of hydrogen-bond donors (Lipinski definition) is 1. The number of aryl methyl sites for hydroxylation is 2. The summed E-state index contributed by atoms with van der Waals surface area (Å²) >= 11 is 3.46. The number of carbonyl (C=O) groups excluding carboxylic acids is 1. The molecule has 0 aliphatic rings. The first-order valence-electron chi connectivity index (χ1n) is 9.05. The van der Waals surface area contributed by atoms with Crippen LogP contribution in [0.4, 0.5) is 5.69 Å². The Morgan fingerprint density at radius 3 is 2.39 bits per heavy atom. The second kappa shape index (κ2) is 7.56. The molecule has 0 aliphatic carbocycles. The van der Waals surface area contributed by atoms with E-state index in [0.717, 1.165) is 37.9 Å². The Labute approximate surface area is 172 Å². The molecule has 1 aromatic heterocycles. The normalized spacial score (nSPS) is 10.8. The summed E-state index contributed by atoms with van der Waals surface area (Å²) in [5.74, 6) is -0.139. The van der Waals surface area contributed by atoms with Crippen LogP contribution in [0, 0.1) is 13.8 Å². The fourth-order valence-electron chi connectivity index (χ4n) is 3.15. The molecule has 0 saturated heterocycles. The Morgan fingerprint density at radius 1 is 0.893 bits per heavy atom. The van der Waals surface area contributed by atoms with Crippen molar-refractivity contribution in [2.45, 2.75) is 13.8 Å². The summed E-state index contributed by atoms with van der Waals surface area (Å²) in [6.45, 7) is 4.10. The van der Waals surface area contributed by atoms with Crippen LogP contribution in [0.2, 0.25) is 0 Å². The van der Waals surface area contributed by atoms with E-state index in [1.807, 2.05) is 79.7 Å². The molecule has 1 amide bonds. The summed E-state index contributed by atoms with van der Waals surface area (Å²) in [4.78, 5) is 17.9. The predicted octanol–water partition coefficient (Wildman–Crippen LogP) is 6.53. The highest BCUT2D eigenvalue weighted by Crippen LogP contribution is 2.27. The lowest BCUT2D eigenvalue weighted by Crippen LogP contribution is -2.13. The molecule has 0 unspecified atom stereocenters. The van der Waals surface area contributed by atoms with Crippen molar-refractivity contribution in [3.8, 4) is 11.3 Å². The van der Waals surface area contributed by atoms with Gasteiger partial charge in [0.2, 0.25) is 0 Å². The monoisotopic (exact) mass is 430 g/mol. The summed E-state index contributed by atoms with van der Waals surface area (Å²) < 4.78 is 1.00. The lowest BCUT2D eigenvalue weighted by atomic mass is 10.0. The average molecular weight is 431 g/mol. The number of para-hydroxylation sites is 1. The van der Waals surface area contributed by atoms with E-state index in [2.05, 4.69) is 28.2 Å². The molecular weight excluding hydrogens is 412 g/mol. The number of hydrogen-bond acceptors (Lipinski definition) is 2. The molecule has 138 valence electrons. The number of fused-ring (bicyclic) bond motifs is 1. The largest absolute Gasteiger partial charge is 0.322 e. The topological polar surface area (TPSA) is 42.0 Å². The zero-order valence-electron chi connectivity index (χ0n) is 15.7. The fourth-order valence-corrected chi connectivity index (χ4v) is 3.41. The smallest absolute Gasteiger partial charge is 0.256 e. The molecule has 0 bridgehead atoms. The summed E-state index contributed by atoms with van der Waals surface area (Å²) in [6.07, 6.45) is 0. The first-order valence-corrected chi connectivity index (χ1v) is 9.85. The molecule has 0 saturated carbocycles. The number of nitrogens with zero attached hydrogens (tertiary/aromatic N) is 1. The second-order valence-corrected chi connectivity index (χ2v) is 7.75. The van der Waals surface area contributed by atoms with E-state index in [1.54, 1.807) is 0 Å². The van der Waals surface area contributed by atoms with Crippen LogP contribution in [-0.4, -0.2) is 10.9 Å². The molecule has 28 heavy (non-hydrogen) atoms. The van der Waals surface area contributed by atoms with Crippen LogP contribution in [-0.2, 0) is 0 Å². The number of benzene rings is 3. The van der Waals surface area contributed by atoms with Crippen LogP contribution in [0.25, 0.3) is 22.2 Å². The highest BCUT2D eigenvalue weighted by atomic mass is 79.9. The first kappa shape index (κ1) is 18.4. The van der Waals surface area contributed by atoms with Gasteiger partial charge in [0, 0.05) is 21.1 Å². The molecule has 4 rings (SSSR count). The number of halogens is 1. The maximum atomic E-state index is 13.1. The molecule has 0 atom stereocenters. The van der Waals surface area contributed by atoms with E-state index < -0.39 is 0 Å². The number of anilines is 1. The molecule has 1 N–H and O–H groups in total. The third-order valence-electron chi connectivity index (χ3n) is 4.87. The minimum atomic E-state index is -0.139. The molecule has 3 nitrogen and oxygen atoms in total. The second-order valence-electron chi connectivity index (χ2n) is 6.83.